The second-order valence-electron chi connectivity index (χ2n) is 6.80. The van der Waals surface area contributed by atoms with Crippen molar-refractivity contribution in [2.45, 2.75) is 36.8 Å². The first-order valence-electron chi connectivity index (χ1n) is 8.20. The van der Waals surface area contributed by atoms with Crippen LogP contribution in [0.4, 0.5) is 0 Å². The largest absolute Gasteiger partial charge is 0.487 e. The van der Waals surface area contributed by atoms with E-state index in [1.807, 2.05) is 38.1 Å². The monoisotopic (exact) mass is 375 g/mol. The number of hydrogen-bond donors (Lipinski definition) is 1. The fourth-order valence-electron chi connectivity index (χ4n) is 3.07. The van der Waals surface area contributed by atoms with Crippen LogP contribution in [0.1, 0.15) is 42.2 Å². The Labute approximate surface area is 153 Å². The summed E-state index contributed by atoms with van der Waals surface area (Å²) in [7, 11) is -2.58. The first-order valence-corrected chi connectivity index (χ1v) is 9.69. The van der Waals surface area contributed by atoms with E-state index in [0.717, 1.165) is 5.56 Å². The van der Waals surface area contributed by atoms with Crippen molar-refractivity contribution in [1.29, 1.82) is 0 Å². The summed E-state index contributed by atoms with van der Waals surface area (Å²) in [5.41, 5.74) is 0.470. The van der Waals surface area contributed by atoms with Crippen molar-refractivity contribution >= 4 is 16.0 Å². The Kier molecular flexibility index (Phi) is 4.77. The lowest BCUT2D eigenvalue weighted by molar-refractivity contribution is 0.0600. The minimum atomic E-state index is -3.83. The zero-order valence-electron chi connectivity index (χ0n) is 14.9. The van der Waals surface area contributed by atoms with Gasteiger partial charge in [-0.2, -0.15) is 0 Å². The molecule has 0 aromatic heterocycles. The van der Waals surface area contributed by atoms with Gasteiger partial charge in [-0.1, -0.05) is 24.3 Å². The third kappa shape index (κ3) is 3.73. The van der Waals surface area contributed by atoms with E-state index in [0.29, 0.717) is 12.2 Å². The number of fused-ring (bicyclic) bond motifs is 1. The van der Waals surface area contributed by atoms with Crippen molar-refractivity contribution in [2.75, 3.05) is 7.11 Å². The Morgan fingerprint density at radius 1 is 1.19 bits per heavy atom. The van der Waals surface area contributed by atoms with Gasteiger partial charge in [0.05, 0.1) is 23.6 Å². The fourth-order valence-corrected chi connectivity index (χ4v) is 4.33. The van der Waals surface area contributed by atoms with Gasteiger partial charge in [0, 0.05) is 12.0 Å². The van der Waals surface area contributed by atoms with E-state index >= 15 is 0 Å². The quantitative estimate of drug-likeness (QED) is 0.831. The molecule has 1 heterocycles. The zero-order chi connectivity index (χ0) is 18.9. The Morgan fingerprint density at radius 2 is 1.92 bits per heavy atom. The molecule has 0 bridgehead atoms. The minimum absolute atomic E-state index is 0.0159. The molecule has 7 heteroatoms. The first kappa shape index (κ1) is 18.4. The molecule has 0 aliphatic carbocycles. The lowest BCUT2D eigenvalue weighted by atomic mass is 9.90. The molecule has 2 aromatic rings. The van der Waals surface area contributed by atoms with Crippen molar-refractivity contribution in [3.05, 3.63) is 59.7 Å². The van der Waals surface area contributed by atoms with Crippen LogP contribution in [0.15, 0.2) is 53.4 Å². The minimum Gasteiger partial charge on any atom is -0.487 e. The van der Waals surface area contributed by atoms with Crippen LogP contribution >= 0.6 is 0 Å². The van der Waals surface area contributed by atoms with Gasteiger partial charge >= 0.3 is 5.97 Å². The maximum Gasteiger partial charge on any atom is 0.337 e. The average molecular weight is 375 g/mol. The molecule has 0 saturated heterocycles. The highest BCUT2D eigenvalue weighted by Gasteiger charge is 2.36. The Balaban J connectivity index is 1.94. The number of carbonyl (C=O) groups excluding carboxylic acids is 1. The number of benzene rings is 2. The van der Waals surface area contributed by atoms with E-state index < -0.39 is 27.6 Å². The van der Waals surface area contributed by atoms with Gasteiger partial charge in [-0.15, -0.1) is 0 Å². The molecule has 138 valence electrons. The molecule has 3 rings (SSSR count). The lowest BCUT2D eigenvalue weighted by Crippen LogP contribution is -2.41. The summed E-state index contributed by atoms with van der Waals surface area (Å²) in [6, 6.07) is 12.7. The second-order valence-corrected chi connectivity index (χ2v) is 8.51. The SMILES string of the molecule is COC(=O)c1cccc(S(=O)(=O)N[C@H]2CC(C)(C)Oc3ccccc32)c1. The maximum atomic E-state index is 12.9. The van der Waals surface area contributed by atoms with Crippen LogP contribution in [0.5, 0.6) is 5.75 Å². The molecule has 0 spiro atoms. The predicted molar refractivity (Wildman–Crippen MR) is 96.6 cm³/mol. The standard InChI is InChI=1S/C19H21NO5S/c1-19(2)12-16(15-9-4-5-10-17(15)25-19)20-26(22,23)14-8-6-7-13(11-14)18(21)24-3/h4-11,16,20H,12H2,1-3H3/t16-/m0/s1. The molecule has 26 heavy (non-hydrogen) atoms. The van der Waals surface area contributed by atoms with Crippen LogP contribution < -0.4 is 9.46 Å². The molecular weight excluding hydrogens is 354 g/mol. The molecule has 0 radical (unpaired) electrons. The summed E-state index contributed by atoms with van der Waals surface area (Å²) in [6.07, 6.45) is 0.486. The highest BCUT2D eigenvalue weighted by Crippen LogP contribution is 2.39. The van der Waals surface area contributed by atoms with Gasteiger partial charge in [-0.05, 0) is 38.1 Å². The zero-order valence-corrected chi connectivity index (χ0v) is 15.7. The van der Waals surface area contributed by atoms with Crippen molar-refractivity contribution in [3.8, 4) is 5.75 Å². The van der Waals surface area contributed by atoms with Crippen molar-refractivity contribution in [3.63, 3.8) is 0 Å². The number of nitrogens with one attached hydrogen (secondary N) is 1. The predicted octanol–water partition coefficient (Wildman–Crippen LogP) is 3.05. The average Bonchev–Trinajstić information content (AvgIpc) is 2.60. The summed E-state index contributed by atoms with van der Waals surface area (Å²) in [5, 5.41) is 0. The normalized spacial score (nSPS) is 18.5. The van der Waals surface area contributed by atoms with Gasteiger partial charge in [0.1, 0.15) is 11.4 Å². The number of hydrogen-bond acceptors (Lipinski definition) is 5. The second kappa shape index (κ2) is 6.74. The van der Waals surface area contributed by atoms with Crippen molar-refractivity contribution in [2.24, 2.45) is 0 Å². The summed E-state index contributed by atoms with van der Waals surface area (Å²) in [5.74, 6) is 0.0827. The van der Waals surface area contributed by atoms with Gasteiger partial charge in [0.2, 0.25) is 10.0 Å². The summed E-state index contributed by atoms with van der Waals surface area (Å²) >= 11 is 0. The number of rotatable bonds is 4. The molecule has 0 unspecified atom stereocenters. The van der Waals surface area contributed by atoms with Gasteiger partial charge in [0.25, 0.3) is 0 Å². The lowest BCUT2D eigenvalue weighted by Gasteiger charge is -2.37. The van der Waals surface area contributed by atoms with Crippen LogP contribution in [-0.2, 0) is 14.8 Å². The molecule has 6 nitrogen and oxygen atoms in total. The van der Waals surface area contributed by atoms with Gasteiger partial charge in [-0.3, -0.25) is 0 Å². The molecule has 0 fully saturated rings. The van der Waals surface area contributed by atoms with Gasteiger partial charge in [-0.25, -0.2) is 17.9 Å². The van der Waals surface area contributed by atoms with E-state index in [9.17, 15) is 13.2 Å². The summed E-state index contributed by atoms with van der Waals surface area (Å²) in [6.45, 7) is 3.84. The molecule has 1 N–H and O–H groups in total. The third-order valence-electron chi connectivity index (χ3n) is 4.24. The number of methoxy groups -OCH3 is 1. The highest BCUT2D eigenvalue weighted by atomic mass is 32.2. The summed E-state index contributed by atoms with van der Waals surface area (Å²) < 4.78 is 39.1. The number of carbonyl (C=O) groups is 1. The van der Waals surface area contributed by atoms with E-state index in [1.165, 1.54) is 31.4 Å². The Bertz CT molecular complexity index is 936. The number of esters is 1. The third-order valence-corrected chi connectivity index (χ3v) is 5.71. The summed E-state index contributed by atoms with van der Waals surface area (Å²) in [4.78, 5) is 11.7. The smallest absolute Gasteiger partial charge is 0.337 e. The molecular formula is C19H21NO5S. The highest BCUT2D eigenvalue weighted by molar-refractivity contribution is 7.89. The van der Waals surface area contributed by atoms with Crippen LogP contribution in [0.3, 0.4) is 0 Å². The molecule has 2 aromatic carbocycles. The Morgan fingerprint density at radius 3 is 2.65 bits per heavy atom. The Hall–Kier alpha value is -2.38. The number of sulfonamides is 1. The van der Waals surface area contributed by atoms with E-state index in [1.54, 1.807) is 0 Å². The number of ether oxygens (including phenoxy) is 2. The molecule has 1 atom stereocenters. The first-order chi connectivity index (χ1) is 12.2. The molecule has 0 amide bonds. The van der Waals surface area contributed by atoms with Crippen LogP contribution in [0.25, 0.3) is 0 Å². The van der Waals surface area contributed by atoms with Crippen molar-refractivity contribution < 1.29 is 22.7 Å². The molecule has 0 saturated carbocycles. The van der Waals surface area contributed by atoms with E-state index in [-0.39, 0.29) is 10.5 Å². The molecule has 1 aliphatic heterocycles. The van der Waals surface area contributed by atoms with E-state index in [4.69, 9.17) is 4.74 Å². The van der Waals surface area contributed by atoms with Crippen LogP contribution in [-0.4, -0.2) is 27.1 Å². The number of para-hydroxylation sites is 1. The topological polar surface area (TPSA) is 81.7 Å². The van der Waals surface area contributed by atoms with Crippen LogP contribution in [0, 0.1) is 0 Å². The van der Waals surface area contributed by atoms with Crippen molar-refractivity contribution in [1.82, 2.24) is 4.72 Å². The van der Waals surface area contributed by atoms with E-state index in [2.05, 4.69) is 9.46 Å². The van der Waals surface area contributed by atoms with Crippen LogP contribution in [0.2, 0.25) is 0 Å². The van der Waals surface area contributed by atoms with Gasteiger partial charge in [0.15, 0.2) is 0 Å². The van der Waals surface area contributed by atoms with Gasteiger partial charge < -0.3 is 9.47 Å². The molecule has 1 aliphatic rings. The fraction of sp³-hybridized carbons (Fsp3) is 0.316. The maximum absolute atomic E-state index is 12.9.